The number of thiazole rings is 1. The average molecular weight is 374 g/mol. The molecule has 1 saturated heterocycles. The third kappa shape index (κ3) is 3.40. The summed E-state index contributed by atoms with van der Waals surface area (Å²) in [6, 6.07) is 16.5. The van der Waals surface area contributed by atoms with Gasteiger partial charge in [0.25, 0.3) is 5.19 Å². The van der Waals surface area contributed by atoms with Crippen molar-refractivity contribution in [2.24, 2.45) is 0 Å². The van der Waals surface area contributed by atoms with Crippen LogP contribution >= 0.6 is 11.3 Å². The van der Waals surface area contributed by atoms with Crippen LogP contribution in [0.25, 0.3) is 10.2 Å². The average Bonchev–Trinajstić information content (AvgIpc) is 3.05. The van der Waals surface area contributed by atoms with E-state index in [2.05, 4.69) is 4.98 Å². The lowest BCUT2D eigenvalue weighted by Gasteiger charge is -2.30. The van der Waals surface area contributed by atoms with Crippen LogP contribution in [0, 0.1) is 0 Å². The lowest BCUT2D eigenvalue weighted by Crippen LogP contribution is -2.41. The first-order valence-electron chi connectivity index (χ1n) is 8.20. The van der Waals surface area contributed by atoms with Gasteiger partial charge >= 0.3 is 0 Å². The Kier molecular flexibility index (Phi) is 4.45. The van der Waals surface area contributed by atoms with E-state index in [9.17, 15) is 8.42 Å². The molecule has 1 fully saturated rings. The van der Waals surface area contributed by atoms with Gasteiger partial charge in [-0.2, -0.15) is 4.31 Å². The number of ether oxygens (including phenoxy) is 1. The summed E-state index contributed by atoms with van der Waals surface area (Å²) in [6.07, 6.45) is 1.34. The number of fused-ring (bicyclic) bond motifs is 1. The van der Waals surface area contributed by atoms with Crippen LogP contribution in [0.1, 0.15) is 12.8 Å². The maximum atomic E-state index is 12.6. The Morgan fingerprint density at radius 3 is 2.40 bits per heavy atom. The van der Waals surface area contributed by atoms with Crippen LogP contribution in [0.3, 0.4) is 0 Å². The van der Waals surface area contributed by atoms with Gasteiger partial charge in [0.05, 0.1) is 15.1 Å². The molecule has 130 valence electrons. The second-order valence-corrected chi connectivity index (χ2v) is 8.91. The molecule has 1 aromatic heterocycles. The highest BCUT2D eigenvalue weighted by Crippen LogP contribution is 2.30. The molecule has 0 unspecified atom stereocenters. The number of piperidine rings is 1. The molecular weight excluding hydrogens is 356 g/mol. The van der Waals surface area contributed by atoms with Gasteiger partial charge in [0.15, 0.2) is 0 Å². The summed E-state index contributed by atoms with van der Waals surface area (Å²) in [7, 11) is -3.41. The van der Waals surface area contributed by atoms with Crippen molar-refractivity contribution < 1.29 is 13.2 Å². The minimum absolute atomic E-state index is 0.00258. The van der Waals surface area contributed by atoms with E-state index in [0.717, 1.165) is 10.2 Å². The van der Waals surface area contributed by atoms with Crippen LogP contribution in [-0.2, 0) is 10.0 Å². The Morgan fingerprint density at radius 1 is 1.00 bits per heavy atom. The first kappa shape index (κ1) is 16.5. The van der Waals surface area contributed by atoms with Crippen LogP contribution in [0.15, 0.2) is 59.5 Å². The first-order chi connectivity index (χ1) is 12.1. The standard InChI is InChI=1S/C18H18N2O3S2/c21-25(22,15-6-2-1-3-7-15)20-12-10-14(11-13-20)23-18-19-16-8-4-5-9-17(16)24-18/h1-9,14H,10-13H2. The molecule has 25 heavy (non-hydrogen) atoms. The fraction of sp³-hybridized carbons (Fsp3) is 0.278. The van der Waals surface area contributed by atoms with Crippen molar-refractivity contribution in [3.05, 3.63) is 54.6 Å². The molecule has 5 nitrogen and oxygen atoms in total. The number of hydrogen-bond donors (Lipinski definition) is 0. The maximum Gasteiger partial charge on any atom is 0.274 e. The fourth-order valence-electron chi connectivity index (χ4n) is 2.98. The quantitative estimate of drug-likeness (QED) is 0.701. The van der Waals surface area contributed by atoms with E-state index in [-0.39, 0.29) is 6.10 Å². The molecule has 0 aliphatic carbocycles. The van der Waals surface area contributed by atoms with Crippen molar-refractivity contribution in [3.63, 3.8) is 0 Å². The molecule has 0 amide bonds. The van der Waals surface area contributed by atoms with Crippen molar-refractivity contribution in [1.29, 1.82) is 0 Å². The Hall–Kier alpha value is -1.96. The summed E-state index contributed by atoms with van der Waals surface area (Å²) in [5.41, 5.74) is 0.937. The zero-order valence-corrected chi connectivity index (χ0v) is 15.2. The smallest absolute Gasteiger partial charge is 0.274 e. The number of para-hydroxylation sites is 1. The molecule has 0 saturated carbocycles. The third-order valence-electron chi connectivity index (χ3n) is 4.32. The number of benzene rings is 2. The van der Waals surface area contributed by atoms with E-state index in [1.165, 1.54) is 11.3 Å². The van der Waals surface area contributed by atoms with E-state index in [0.29, 0.717) is 36.0 Å². The summed E-state index contributed by atoms with van der Waals surface area (Å²) < 4.78 is 33.9. The van der Waals surface area contributed by atoms with Gasteiger partial charge in [-0.1, -0.05) is 41.7 Å². The second-order valence-electron chi connectivity index (χ2n) is 5.98. The van der Waals surface area contributed by atoms with Gasteiger partial charge < -0.3 is 4.74 Å². The highest BCUT2D eigenvalue weighted by Gasteiger charge is 2.30. The number of rotatable bonds is 4. The molecule has 3 aromatic rings. The van der Waals surface area contributed by atoms with Crippen molar-refractivity contribution in [1.82, 2.24) is 9.29 Å². The summed E-state index contributed by atoms with van der Waals surface area (Å²) in [4.78, 5) is 4.83. The lowest BCUT2D eigenvalue weighted by atomic mass is 10.1. The van der Waals surface area contributed by atoms with E-state index >= 15 is 0 Å². The van der Waals surface area contributed by atoms with Gasteiger partial charge in [0, 0.05) is 13.1 Å². The number of hydrogen-bond acceptors (Lipinski definition) is 5. The Labute approximate surface area is 150 Å². The van der Waals surface area contributed by atoms with Gasteiger partial charge in [-0.15, -0.1) is 0 Å². The minimum Gasteiger partial charge on any atom is -0.467 e. The highest BCUT2D eigenvalue weighted by atomic mass is 32.2. The predicted octanol–water partition coefficient (Wildman–Crippen LogP) is 3.53. The predicted molar refractivity (Wildman–Crippen MR) is 98.5 cm³/mol. The van der Waals surface area contributed by atoms with Crippen molar-refractivity contribution in [2.45, 2.75) is 23.8 Å². The summed E-state index contributed by atoms with van der Waals surface area (Å²) in [6.45, 7) is 0.930. The van der Waals surface area contributed by atoms with Crippen LogP contribution in [0.4, 0.5) is 0 Å². The third-order valence-corrected chi connectivity index (χ3v) is 7.16. The normalized spacial score (nSPS) is 17.0. The van der Waals surface area contributed by atoms with Crippen molar-refractivity contribution in [3.8, 4) is 5.19 Å². The SMILES string of the molecule is O=S(=O)(c1ccccc1)N1CCC(Oc2nc3ccccc3s2)CC1. The van der Waals surface area contributed by atoms with Gasteiger partial charge in [0.1, 0.15) is 6.10 Å². The van der Waals surface area contributed by atoms with E-state index in [4.69, 9.17) is 4.74 Å². The van der Waals surface area contributed by atoms with Crippen LogP contribution in [0.2, 0.25) is 0 Å². The maximum absolute atomic E-state index is 12.6. The second kappa shape index (κ2) is 6.74. The number of aromatic nitrogens is 1. The van der Waals surface area contributed by atoms with Gasteiger partial charge in [-0.05, 0) is 37.1 Å². The number of sulfonamides is 1. The Balaban J connectivity index is 1.41. The molecule has 0 N–H and O–H groups in total. The van der Waals surface area contributed by atoms with Crippen molar-refractivity contribution in [2.75, 3.05) is 13.1 Å². The molecule has 1 aliphatic heterocycles. The zero-order valence-electron chi connectivity index (χ0n) is 13.5. The van der Waals surface area contributed by atoms with Gasteiger partial charge in [0.2, 0.25) is 10.0 Å². The molecule has 1 aliphatic rings. The van der Waals surface area contributed by atoms with Gasteiger partial charge in [-0.25, -0.2) is 13.4 Å². The zero-order chi connectivity index (χ0) is 17.3. The fourth-order valence-corrected chi connectivity index (χ4v) is 5.35. The summed E-state index contributed by atoms with van der Waals surface area (Å²) in [5, 5.41) is 0.658. The lowest BCUT2D eigenvalue weighted by molar-refractivity contribution is 0.135. The van der Waals surface area contributed by atoms with Crippen LogP contribution in [0.5, 0.6) is 5.19 Å². The van der Waals surface area contributed by atoms with E-state index in [1.807, 2.05) is 30.3 Å². The molecule has 2 aromatic carbocycles. The number of nitrogens with zero attached hydrogens (tertiary/aromatic N) is 2. The molecule has 7 heteroatoms. The molecule has 0 radical (unpaired) electrons. The highest BCUT2D eigenvalue weighted by molar-refractivity contribution is 7.89. The molecule has 0 spiro atoms. The van der Waals surface area contributed by atoms with Crippen LogP contribution < -0.4 is 4.74 Å². The molecular formula is C18H18N2O3S2. The Morgan fingerprint density at radius 2 is 1.68 bits per heavy atom. The minimum atomic E-state index is -3.41. The van der Waals surface area contributed by atoms with Crippen molar-refractivity contribution >= 4 is 31.6 Å². The van der Waals surface area contributed by atoms with Crippen LogP contribution in [-0.4, -0.2) is 36.9 Å². The monoisotopic (exact) mass is 374 g/mol. The molecule has 0 atom stereocenters. The van der Waals surface area contributed by atoms with Gasteiger partial charge in [-0.3, -0.25) is 0 Å². The summed E-state index contributed by atoms with van der Waals surface area (Å²) >= 11 is 1.53. The molecule has 4 rings (SSSR count). The largest absolute Gasteiger partial charge is 0.467 e. The first-order valence-corrected chi connectivity index (χ1v) is 10.5. The van der Waals surface area contributed by atoms with E-state index < -0.39 is 10.0 Å². The molecule has 0 bridgehead atoms. The molecule has 2 heterocycles. The topological polar surface area (TPSA) is 59.5 Å². The Bertz CT molecular complexity index is 929. The summed E-state index contributed by atoms with van der Waals surface area (Å²) in [5.74, 6) is 0. The van der Waals surface area contributed by atoms with E-state index in [1.54, 1.807) is 28.6 Å².